The molecule has 2 aliphatic heterocycles. The molecule has 3 heterocycles. The van der Waals surface area contributed by atoms with E-state index in [1.807, 2.05) is 37.4 Å². The number of nitrogens with one attached hydrogen (secondary N) is 1. The Bertz CT molecular complexity index is 1170. The van der Waals surface area contributed by atoms with Crippen LogP contribution in [-0.2, 0) is 11.3 Å². The lowest BCUT2D eigenvalue weighted by Crippen LogP contribution is -2.44. The van der Waals surface area contributed by atoms with Gasteiger partial charge in [-0.15, -0.1) is 0 Å². The highest BCUT2D eigenvalue weighted by molar-refractivity contribution is 5.95. The number of anilines is 1. The molecule has 1 N–H and O–H groups in total. The number of benzene rings is 2. The summed E-state index contributed by atoms with van der Waals surface area (Å²) in [6.45, 7) is 7.95. The van der Waals surface area contributed by atoms with Gasteiger partial charge in [0.15, 0.2) is 0 Å². The Balaban J connectivity index is 1.13. The van der Waals surface area contributed by atoms with Crippen molar-refractivity contribution in [1.29, 1.82) is 0 Å². The van der Waals surface area contributed by atoms with Crippen LogP contribution in [0.2, 0.25) is 0 Å². The van der Waals surface area contributed by atoms with Gasteiger partial charge in [0.1, 0.15) is 11.6 Å². The van der Waals surface area contributed by atoms with Gasteiger partial charge in [-0.25, -0.2) is 9.37 Å². The van der Waals surface area contributed by atoms with Gasteiger partial charge >= 0.3 is 0 Å². The third-order valence-electron chi connectivity index (χ3n) is 7.06. The zero-order chi connectivity index (χ0) is 24.9. The lowest BCUT2D eigenvalue weighted by Gasteiger charge is -2.32. The Hall–Kier alpha value is -3.29. The first-order valence-corrected chi connectivity index (χ1v) is 12.7. The van der Waals surface area contributed by atoms with E-state index in [1.165, 1.54) is 11.6 Å². The Morgan fingerprint density at radius 2 is 1.78 bits per heavy atom. The number of ether oxygens (including phenoxy) is 1. The third-order valence-corrected chi connectivity index (χ3v) is 7.06. The maximum atomic E-state index is 14.5. The number of rotatable bonds is 6. The number of amides is 1. The molecule has 2 saturated heterocycles. The number of nitrogens with zero attached hydrogens (tertiary/aromatic N) is 3. The lowest BCUT2D eigenvalue weighted by atomic mass is 10.00. The van der Waals surface area contributed by atoms with Gasteiger partial charge < -0.3 is 15.0 Å². The first kappa shape index (κ1) is 24.4. The molecule has 0 bridgehead atoms. The zero-order valence-corrected chi connectivity index (χ0v) is 20.8. The number of pyridine rings is 1. The van der Waals surface area contributed by atoms with Crippen molar-refractivity contribution >= 4 is 11.7 Å². The highest BCUT2D eigenvalue weighted by Gasteiger charge is 2.22. The second kappa shape index (κ2) is 11.2. The van der Waals surface area contributed by atoms with Crippen molar-refractivity contribution < 1.29 is 13.9 Å². The smallest absolute Gasteiger partial charge is 0.251 e. The molecule has 188 valence electrons. The molecule has 6 nitrogen and oxygen atoms in total. The van der Waals surface area contributed by atoms with Gasteiger partial charge in [-0.1, -0.05) is 35.9 Å². The van der Waals surface area contributed by atoms with Crippen molar-refractivity contribution in [2.24, 2.45) is 0 Å². The van der Waals surface area contributed by atoms with Gasteiger partial charge in [0.05, 0.1) is 13.2 Å². The van der Waals surface area contributed by atoms with E-state index in [-0.39, 0.29) is 17.8 Å². The second-order valence-electron chi connectivity index (χ2n) is 9.71. The monoisotopic (exact) mass is 488 g/mol. The number of piperidine rings is 1. The SMILES string of the molecule is Cc1ccc(-c2cc(C(=O)NC3CCN(Cc4ccc(N5CCOCC5)nc4)CC3)ccc2F)cc1. The summed E-state index contributed by atoms with van der Waals surface area (Å²) >= 11 is 0. The summed E-state index contributed by atoms with van der Waals surface area (Å²) in [4.78, 5) is 22.2. The van der Waals surface area contributed by atoms with Crippen molar-refractivity contribution in [3.63, 3.8) is 0 Å². The van der Waals surface area contributed by atoms with Gasteiger partial charge in [-0.2, -0.15) is 0 Å². The molecule has 7 heteroatoms. The van der Waals surface area contributed by atoms with E-state index in [0.29, 0.717) is 11.1 Å². The Labute approximate surface area is 212 Å². The Morgan fingerprint density at radius 3 is 2.47 bits per heavy atom. The molecule has 0 atom stereocenters. The van der Waals surface area contributed by atoms with E-state index in [2.05, 4.69) is 32.2 Å². The first-order chi connectivity index (χ1) is 17.5. The van der Waals surface area contributed by atoms with Crippen molar-refractivity contribution in [3.8, 4) is 11.1 Å². The molecular weight excluding hydrogens is 455 g/mol. The number of halogens is 1. The molecule has 0 unspecified atom stereocenters. The highest BCUT2D eigenvalue weighted by Crippen LogP contribution is 2.25. The van der Waals surface area contributed by atoms with Crippen LogP contribution in [0.25, 0.3) is 11.1 Å². The minimum absolute atomic E-state index is 0.114. The molecule has 1 aromatic heterocycles. The van der Waals surface area contributed by atoms with Crippen molar-refractivity contribution in [2.75, 3.05) is 44.3 Å². The summed E-state index contributed by atoms with van der Waals surface area (Å²) in [5, 5.41) is 3.15. The van der Waals surface area contributed by atoms with Crippen molar-refractivity contribution in [1.82, 2.24) is 15.2 Å². The number of hydrogen-bond acceptors (Lipinski definition) is 5. The summed E-state index contributed by atoms with van der Waals surface area (Å²) in [6, 6.07) is 16.6. The summed E-state index contributed by atoms with van der Waals surface area (Å²) < 4.78 is 19.9. The molecule has 2 aliphatic rings. The van der Waals surface area contributed by atoms with Crippen molar-refractivity contribution in [2.45, 2.75) is 32.4 Å². The summed E-state index contributed by atoms with van der Waals surface area (Å²) in [7, 11) is 0. The third kappa shape index (κ3) is 5.91. The quantitative estimate of drug-likeness (QED) is 0.557. The molecule has 0 radical (unpaired) electrons. The molecule has 0 saturated carbocycles. The van der Waals surface area contributed by atoms with Crippen LogP contribution in [0.1, 0.15) is 34.3 Å². The summed E-state index contributed by atoms with van der Waals surface area (Å²) in [5.41, 5.74) is 4.02. The molecular formula is C29H33FN4O2. The highest BCUT2D eigenvalue weighted by atomic mass is 19.1. The number of carbonyl (C=O) groups excluding carboxylic acids is 1. The number of hydrogen-bond donors (Lipinski definition) is 1. The minimum Gasteiger partial charge on any atom is -0.378 e. The average molecular weight is 489 g/mol. The predicted octanol–water partition coefficient (Wildman–Crippen LogP) is 4.43. The predicted molar refractivity (Wildman–Crippen MR) is 140 cm³/mol. The van der Waals surface area contributed by atoms with Gasteiger partial charge in [0.25, 0.3) is 5.91 Å². The van der Waals surface area contributed by atoms with E-state index in [1.54, 1.807) is 12.1 Å². The van der Waals surface area contributed by atoms with Gasteiger partial charge in [-0.05, 0) is 55.2 Å². The fourth-order valence-electron chi connectivity index (χ4n) is 4.87. The van der Waals surface area contributed by atoms with E-state index >= 15 is 0 Å². The summed E-state index contributed by atoms with van der Waals surface area (Å²) in [6.07, 6.45) is 3.74. The maximum absolute atomic E-state index is 14.5. The largest absolute Gasteiger partial charge is 0.378 e. The summed E-state index contributed by atoms with van der Waals surface area (Å²) in [5.74, 6) is 0.538. The van der Waals surface area contributed by atoms with E-state index in [9.17, 15) is 9.18 Å². The molecule has 36 heavy (non-hydrogen) atoms. The topological polar surface area (TPSA) is 57.7 Å². The Kier molecular flexibility index (Phi) is 7.58. The molecule has 0 spiro atoms. The van der Waals surface area contributed by atoms with Gasteiger partial charge in [-0.3, -0.25) is 9.69 Å². The molecule has 2 aromatic carbocycles. The van der Waals surface area contributed by atoms with Gasteiger partial charge in [0, 0.05) is 56.1 Å². The second-order valence-corrected chi connectivity index (χ2v) is 9.71. The molecule has 0 aliphatic carbocycles. The number of morpholine rings is 1. The minimum atomic E-state index is -0.323. The van der Waals surface area contributed by atoms with Crippen LogP contribution in [0.4, 0.5) is 10.2 Å². The van der Waals surface area contributed by atoms with E-state index in [0.717, 1.165) is 75.7 Å². The molecule has 3 aromatic rings. The molecule has 1 amide bonds. The normalized spacial score (nSPS) is 17.2. The standard InChI is InChI=1S/C29H33FN4O2/c1-21-2-5-23(6-3-21)26-18-24(7-8-27(26)30)29(35)32-25-10-12-33(13-11-25)20-22-4-9-28(31-19-22)34-14-16-36-17-15-34/h2-9,18-19,25H,10-17,20H2,1H3,(H,32,35). The number of carbonyl (C=O) groups is 1. The molecule has 5 rings (SSSR count). The van der Waals surface area contributed by atoms with Crippen LogP contribution in [0.5, 0.6) is 0 Å². The van der Waals surface area contributed by atoms with E-state index in [4.69, 9.17) is 4.74 Å². The number of aryl methyl sites for hydroxylation is 1. The Morgan fingerprint density at radius 1 is 1.03 bits per heavy atom. The van der Waals surface area contributed by atoms with Crippen molar-refractivity contribution in [3.05, 3.63) is 83.3 Å². The number of likely N-dealkylation sites (tertiary alicyclic amines) is 1. The van der Waals surface area contributed by atoms with Crippen LogP contribution >= 0.6 is 0 Å². The fourth-order valence-corrected chi connectivity index (χ4v) is 4.87. The van der Waals surface area contributed by atoms with E-state index < -0.39 is 0 Å². The van der Waals surface area contributed by atoms with Gasteiger partial charge in [0.2, 0.25) is 0 Å². The first-order valence-electron chi connectivity index (χ1n) is 12.7. The van der Waals surface area contributed by atoms with Crippen LogP contribution in [0.15, 0.2) is 60.8 Å². The van der Waals surface area contributed by atoms with Crippen LogP contribution in [-0.4, -0.2) is 61.2 Å². The lowest BCUT2D eigenvalue weighted by molar-refractivity contribution is 0.0909. The average Bonchev–Trinajstić information content (AvgIpc) is 2.91. The molecule has 2 fully saturated rings. The number of aromatic nitrogens is 1. The van der Waals surface area contributed by atoms with Crippen LogP contribution in [0, 0.1) is 12.7 Å². The maximum Gasteiger partial charge on any atom is 0.251 e. The zero-order valence-electron chi connectivity index (χ0n) is 20.8. The van der Waals surface area contributed by atoms with Crippen LogP contribution < -0.4 is 10.2 Å². The van der Waals surface area contributed by atoms with Crippen LogP contribution in [0.3, 0.4) is 0 Å². The fraction of sp³-hybridized carbons (Fsp3) is 0.379.